The predicted octanol–water partition coefficient (Wildman–Crippen LogP) is 5.62. The van der Waals surface area contributed by atoms with E-state index in [0.717, 1.165) is 40.1 Å². The molecule has 1 aliphatic rings. The van der Waals surface area contributed by atoms with E-state index in [1.807, 2.05) is 54.6 Å². The summed E-state index contributed by atoms with van der Waals surface area (Å²) in [6, 6.07) is 26.8. The SMILES string of the molecule is CC[C@H]1N=C(Nc2nc(-c3ccccc3)nc3ccccc23)c2ccccc21. The fourth-order valence-corrected chi connectivity index (χ4v) is 3.71. The van der Waals surface area contributed by atoms with Crippen LogP contribution in [0.4, 0.5) is 5.82 Å². The normalized spacial score (nSPS) is 15.3. The maximum absolute atomic E-state index is 4.92. The monoisotopic (exact) mass is 364 g/mol. The van der Waals surface area contributed by atoms with Gasteiger partial charge >= 0.3 is 0 Å². The molecule has 1 N–H and O–H groups in total. The maximum Gasteiger partial charge on any atom is 0.162 e. The van der Waals surface area contributed by atoms with Crippen LogP contribution in [-0.4, -0.2) is 15.8 Å². The third kappa shape index (κ3) is 2.83. The second kappa shape index (κ2) is 6.89. The molecule has 0 unspecified atom stereocenters. The van der Waals surface area contributed by atoms with E-state index in [-0.39, 0.29) is 6.04 Å². The number of hydrogen-bond donors (Lipinski definition) is 1. The molecule has 0 aliphatic carbocycles. The minimum atomic E-state index is 0.195. The summed E-state index contributed by atoms with van der Waals surface area (Å²) in [6.45, 7) is 2.17. The number of fused-ring (bicyclic) bond motifs is 2. The van der Waals surface area contributed by atoms with Gasteiger partial charge < -0.3 is 5.32 Å². The zero-order valence-electron chi connectivity index (χ0n) is 15.6. The highest BCUT2D eigenvalue weighted by atomic mass is 15.1. The minimum absolute atomic E-state index is 0.195. The van der Waals surface area contributed by atoms with Crippen LogP contribution in [0.15, 0.2) is 83.9 Å². The van der Waals surface area contributed by atoms with Crippen molar-refractivity contribution in [2.45, 2.75) is 19.4 Å². The summed E-state index contributed by atoms with van der Waals surface area (Å²) in [6.07, 6.45) is 0.974. The first-order chi connectivity index (χ1) is 13.8. The molecule has 4 nitrogen and oxygen atoms in total. The van der Waals surface area contributed by atoms with Gasteiger partial charge in [0, 0.05) is 16.5 Å². The molecule has 136 valence electrons. The molecular formula is C24H20N4. The number of para-hydroxylation sites is 1. The van der Waals surface area contributed by atoms with Gasteiger partial charge in [0.1, 0.15) is 11.7 Å². The van der Waals surface area contributed by atoms with Crippen molar-refractivity contribution >= 4 is 22.6 Å². The summed E-state index contributed by atoms with van der Waals surface area (Å²) in [4.78, 5) is 14.5. The molecule has 1 atom stereocenters. The number of aliphatic imine (C=N–C) groups is 1. The van der Waals surface area contributed by atoms with E-state index < -0.39 is 0 Å². The Kier molecular flexibility index (Phi) is 4.09. The topological polar surface area (TPSA) is 50.2 Å². The van der Waals surface area contributed by atoms with Crippen molar-refractivity contribution in [1.82, 2.24) is 9.97 Å². The van der Waals surface area contributed by atoms with Gasteiger partial charge in [0.05, 0.1) is 11.6 Å². The van der Waals surface area contributed by atoms with E-state index in [2.05, 4.69) is 36.5 Å². The molecule has 0 radical (unpaired) electrons. The van der Waals surface area contributed by atoms with Crippen molar-refractivity contribution in [1.29, 1.82) is 0 Å². The van der Waals surface area contributed by atoms with E-state index in [9.17, 15) is 0 Å². The van der Waals surface area contributed by atoms with E-state index >= 15 is 0 Å². The van der Waals surface area contributed by atoms with Crippen molar-refractivity contribution in [2.24, 2.45) is 4.99 Å². The number of amidine groups is 1. The highest BCUT2D eigenvalue weighted by Crippen LogP contribution is 2.33. The molecule has 3 aromatic carbocycles. The number of nitrogens with zero attached hydrogens (tertiary/aromatic N) is 3. The first-order valence-corrected chi connectivity index (χ1v) is 9.60. The maximum atomic E-state index is 4.92. The molecule has 0 fully saturated rings. The van der Waals surface area contributed by atoms with Crippen LogP contribution in [0.3, 0.4) is 0 Å². The third-order valence-corrected chi connectivity index (χ3v) is 5.12. The summed E-state index contributed by atoms with van der Waals surface area (Å²) in [5, 5.41) is 4.50. The van der Waals surface area contributed by atoms with Gasteiger partial charge in [-0.05, 0) is 24.1 Å². The Bertz CT molecular complexity index is 1180. The molecule has 5 rings (SSSR count). The van der Waals surface area contributed by atoms with Crippen LogP contribution in [0.2, 0.25) is 0 Å². The van der Waals surface area contributed by atoms with Crippen molar-refractivity contribution in [3.8, 4) is 11.4 Å². The lowest BCUT2D eigenvalue weighted by Gasteiger charge is -2.11. The van der Waals surface area contributed by atoms with Gasteiger partial charge in [-0.25, -0.2) is 9.97 Å². The Morgan fingerprint density at radius 1 is 0.821 bits per heavy atom. The van der Waals surface area contributed by atoms with Crippen molar-refractivity contribution in [3.05, 3.63) is 90.0 Å². The van der Waals surface area contributed by atoms with Crippen LogP contribution in [0.25, 0.3) is 22.3 Å². The second-order valence-electron chi connectivity index (χ2n) is 6.89. The van der Waals surface area contributed by atoms with Gasteiger partial charge in [0.25, 0.3) is 0 Å². The van der Waals surface area contributed by atoms with Gasteiger partial charge in [-0.1, -0.05) is 73.7 Å². The zero-order chi connectivity index (χ0) is 18.9. The first kappa shape index (κ1) is 16.6. The fourth-order valence-electron chi connectivity index (χ4n) is 3.71. The largest absolute Gasteiger partial charge is 0.324 e. The number of aromatic nitrogens is 2. The smallest absolute Gasteiger partial charge is 0.162 e. The Morgan fingerprint density at radius 2 is 1.57 bits per heavy atom. The quantitative estimate of drug-likeness (QED) is 0.513. The molecule has 0 saturated carbocycles. The van der Waals surface area contributed by atoms with E-state index in [1.54, 1.807) is 0 Å². The summed E-state index contributed by atoms with van der Waals surface area (Å²) in [5.41, 5.74) is 4.33. The van der Waals surface area contributed by atoms with E-state index in [4.69, 9.17) is 15.0 Å². The molecule has 0 bridgehead atoms. The molecule has 1 aliphatic heterocycles. The zero-order valence-corrected chi connectivity index (χ0v) is 15.6. The molecule has 0 amide bonds. The lowest BCUT2D eigenvalue weighted by Crippen LogP contribution is -2.13. The van der Waals surface area contributed by atoms with Crippen molar-refractivity contribution < 1.29 is 0 Å². The summed E-state index contributed by atoms with van der Waals surface area (Å²) >= 11 is 0. The van der Waals surface area contributed by atoms with E-state index in [1.165, 1.54) is 5.56 Å². The van der Waals surface area contributed by atoms with Gasteiger partial charge in [0.15, 0.2) is 5.82 Å². The van der Waals surface area contributed by atoms with Crippen molar-refractivity contribution in [3.63, 3.8) is 0 Å². The number of rotatable bonds is 3. The lowest BCUT2D eigenvalue weighted by atomic mass is 10.0. The minimum Gasteiger partial charge on any atom is -0.324 e. The molecule has 28 heavy (non-hydrogen) atoms. The number of anilines is 1. The number of hydrogen-bond acceptors (Lipinski definition) is 4. The fraction of sp³-hybridized carbons (Fsp3) is 0.125. The Hall–Kier alpha value is -3.53. The summed E-state index contributed by atoms with van der Waals surface area (Å²) in [7, 11) is 0. The third-order valence-electron chi connectivity index (χ3n) is 5.12. The second-order valence-corrected chi connectivity index (χ2v) is 6.89. The van der Waals surface area contributed by atoms with Crippen LogP contribution >= 0.6 is 0 Å². The molecule has 0 spiro atoms. The van der Waals surface area contributed by atoms with Gasteiger partial charge in [-0.2, -0.15) is 0 Å². The number of benzene rings is 3. The predicted molar refractivity (Wildman–Crippen MR) is 115 cm³/mol. The highest BCUT2D eigenvalue weighted by Gasteiger charge is 2.24. The molecular weight excluding hydrogens is 344 g/mol. The molecule has 4 aromatic rings. The summed E-state index contributed by atoms with van der Waals surface area (Å²) in [5.74, 6) is 2.38. The van der Waals surface area contributed by atoms with Gasteiger partial charge in [-0.3, -0.25) is 4.99 Å². The average molecular weight is 364 g/mol. The molecule has 4 heteroatoms. The van der Waals surface area contributed by atoms with Crippen LogP contribution in [0, 0.1) is 0 Å². The molecule has 0 saturated heterocycles. The van der Waals surface area contributed by atoms with Crippen LogP contribution in [-0.2, 0) is 0 Å². The Morgan fingerprint density at radius 3 is 2.43 bits per heavy atom. The van der Waals surface area contributed by atoms with Crippen LogP contribution < -0.4 is 5.32 Å². The molecule has 2 heterocycles. The summed E-state index contributed by atoms with van der Waals surface area (Å²) < 4.78 is 0. The van der Waals surface area contributed by atoms with E-state index in [0.29, 0.717) is 5.82 Å². The van der Waals surface area contributed by atoms with Crippen LogP contribution in [0.1, 0.15) is 30.5 Å². The molecule has 1 aromatic heterocycles. The lowest BCUT2D eigenvalue weighted by molar-refractivity contribution is 0.716. The average Bonchev–Trinajstić information content (AvgIpc) is 3.12. The van der Waals surface area contributed by atoms with Gasteiger partial charge in [0.2, 0.25) is 0 Å². The Balaban J connectivity index is 1.63. The number of nitrogens with one attached hydrogen (secondary N) is 1. The Labute approximate surface area is 164 Å². The highest BCUT2D eigenvalue weighted by molar-refractivity contribution is 6.13. The van der Waals surface area contributed by atoms with Crippen LogP contribution in [0.5, 0.6) is 0 Å². The van der Waals surface area contributed by atoms with Crippen molar-refractivity contribution in [2.75, 3.05) is 5.32 Å². The van der Waals surface area contributed by atoms with Gasteiger partial charge in [-0.15, -0.1) is 0 Å². The first-order valence-electron chi connectivity index (χ1n) is 9.60. The standard InChI is InChI=1S/C24H20N4/c1-2-20-17-12-6-7-13-18(17)23(25-20)28-24-19-14-8-9-15-21(19)26-22(27-24)16-10-4-3-5-11-16/h3-15,20H,2H2,1H3,(H,25,26,27,28)/t20-/m1/s1.